The van der Waals surface area contributed by atoms with E-state index in [-0.39, 0.29) is 31.2 Å². The van der Waals surface area contributed by atoms with E-state index in [1.54, 1.807) is 31.2 Å². The molecule has 0 aliphatic carbocycles. The zero-order valence-corrected chi connectivity index (χ0v) is 14.7. The summed E-state index contributed by atoms with van der Waals surface area (Å²) >= 11 is 0. The Bertz CT molecular complexity index is 682. The fourth-order valence-electron chi connectivity index (χ4n) is 2.81. The summed E-state index contributed by atoms with van der Waals surface area (Å²) in [6.45, 7) is 4.07. The van der Waals surface area contributed by atoms with E-state index in [1.807, 2.05) is 43.3 Å². The summed E-state index contributed by atoms with van der Waals surface area (Å²) in [5.74, 6) is -0.653. The van der Waals surface area contributed by atoms with Gasteiger partial charge in [-0.15, -0.1) is 0 Å². The maximum Gasteiger partial charge on any atom is 0.212 e. The molecule has 0 radical (unpaired) electrons. The van der Waals surface area contributed by atoms with Crippen molar-refractivity contribution in [1.82, 2.24) is 0 Å². The van der Waals surface area contributed by atoms with Crippen LogP contribution in [0.2, 0.25) is 0 Å². The fraction of sp³-hybridized carbons (Fsp3) is 0.333. The van der Waals surface area contributed by atoms with E-state index < -0.39 is 5.60 Å². The topological polar surface area (TPSA) is 52.6 Å². The predicted molar refractivity (Wildman–Crippen MR) is 96.4 cm³/mol. The minimum absolute atomic E-state index is 0.119. The van der Waals surface area contributed by atoms with Crippen molar-refractivity contribution in [2.24, 2.45) is 0 Å². The molecular formula is C21H24O4. The van der Waals surface area contributed by atoms with Gasteiger partial charge in [-0.05, 0) is 25.0 Å². The molecule has 2 rings (SSSR count). The smallest absolute Gasteiger partial charge is 0.212 e. The molecule has 132 valence electrons. The molecule has 2 aromatic rings. The SMILES string of the molecule is CCOCC(=O)C(OCC)(C(=O)Cc1ccccc1)c1ccccc1. The molecule has 2 aromatic carbocycles. The number of benzene rings is 2. The maximum atomic E-state index is 13.2. The lowest BCUT2D eigenvalue weighted by atomic mass is 9.82. The molecule has 0 bridgehead atoms. The van der Waals surface area contributed by atoms with Crippen LogP contribution in [0.4, 0.5) is 0 Å². The Morgan fingerprint density at radius 1 is 0.840 bits per heavy atom. The summed E-state index contributed by atoms with van der Waals surface area (Å²) in [5.41, 5.74) is -0.250. The van der Waals surface area contributed by atoms with E-state index in [0.717, 1.165) is 5.56 Å². The largest absolute Gasteiger partial charge is 0.374 e. The van der Waals surface area contributed by atoms with Crippen molar-refractivity contribution in [1.29, 1.82) is 0 Å². The molecule has 0 heterocycles. The van der Waals surface area contributed by atoms with Gasteiger partial charge in [0.1, 0.15) is 6.61 Å². The Morgan fingerprint density at radius 3 is 2.00 bits per heavy atom. The maximum absolute atomic E-state index is 13.2. The molecule has 0 saturated heterocycles. The zero-order valence-electron chi connectivity index (χ0n) is 14.7. The second-order valence-electron chi connectivity index (χ2n) is 5.63. The van der Waals surface area contributed by atoms with E-state index >= 15 is 0 Å². The Balaban J connectivity index is 2.45. The first kappa shape index (κ1) is 19.0. The minimum Gasteiger partial charge on any atom is -0.374 e. The molecule has 0 fully saturated rings. The van der Waals surface area contributed by atoms with Gasteiger partial charge in [0.2, 0.25) is 11.4 Å². The van der Waals surface area contributed by atoms with Crippen LogP contribution in [0.1, 0.15) is 25.0 Å². The van der Waals surface area contributed by atoms with Gasteiger partial charge in [0.05, 0.1) is 0 Å². The van der Waals surface area contributed by atoms with Crippen molar-refractivity contribution < 1.29 is 19.1 Å². The molecule has 0 amide bonds. The molecule has 1 unspecified atom stereocenters. The average molecular weight is 340 g/mol. The molecule has 0 spiro atoms. The first-order valence-electron chi connectivity index (χ1n) is 8.52. The highest BCUT2D eigenvalue weighted by atomic mass is 16.5. The molecule has 0 saturated carbocycles. The lowest BCUT2D eigenvalue weighted by Crippen LogP contribution is -2.49. The fourth-order valence-corrected chi connectivity index (χ4v) is 2.81. The van der Waals surface area contributed by atoms with Gasteiger partial charge in [0.15, 0.2) is 5.78 Å². The Kier molecular flexibility index (Phi) is 7.04. The summed E-state index contributed by atoms with van der Waals surface area (Å²) in [6, 6.07) is 18.3. The molecule has 1 atom stereocenters. The molecule has 4 heteroatoms. The van der Waals surface area contributed by atoms with Crippen molar-refractivity contribution >= 4 is 11.6 Å². The number of ketones is 2. The van der Waals surface area contributed by atoms with Crippen LogP contribution in [-0.4, -0.2) is 31.4 Å². The third-order valence-electron chi connectivity index (χ3n) is 3.97. The third kappa shape index (κ3) is 4.41. The third-order valence-corrected chi connectivity index (χ3v) is 3.97. The van der Waals surface area contributed by atoms with Crippen LogP contribution in [0.25, 0.3) is 0 Å². The Morgan fingerprint density at radius 2 is 1.44 bits per heavy atom. The van der Waals surface area contributed by atoms with Gasteiger partial charge in [-0.1, -0.05) is 60.7 Å². The van der Waals surface area contributed by atoms with Crippen LogP contribution in [0.15, 0.2) is 60.7 Å². The van der Waals surface area contributed by atoms with Gasteiger partial charge in [0.25, 0.3) is 0 Å². The van der Waals surface area contributed by atoms with Crippen molar-refractivity contribution in [3.05, 3.63) is 71.8 Å². The van der Waals surface area contributed by atoms with Gasteiger partial charge < -0.3 is 9.47 Å². The monoisotopic (exact) mass is 340 g/mol. The molecule has 0 N–H and O–H groups in total. The number of hydrogen-bond donors (Lipinski definition) is 0. The van der Waals surface area contributed by atoms with Gasteiger partial charge in [-0.25, -0.2) is 0 Å². The highest BCUT2D eigenvalue weighted by Crippen LogP contribution is 2.30. The van der Waals surface area contributed by atoms with Gasteiger partial charge in [-0.2, -0.15) is 0 Å². The second-order valence-corrected chi connectivity index (χ2v) is 5.63. The number of hydrogen-bond acceptors (Lipinski definition) is 4. The summed E-state index contributed by atoms with van der Waals surface area (Å²) in [5, 5.41) is 0. The quantitative estimate of drug-likeness (QED) is 0.623. The van der Waals surface area contributed by atoms with Crippen LogP contribution >= 0.6 is 0 Å². The highest BCUT2D eigenvalue weighted by Gasteiger charge is 2.47. The van der Waals surface area contributed by atoms with Crippen molar-refractivity contribution in [2.45, 2.75) is 25.9 Å². The first-order valence-corrected chi connectivity index (χ1v) is 8.52. The van der Waals surface area contributed by atoms with Crippen molar-refractivity contribution in [3.63, 3.8) is 0 Å². The molecule has 0 aliphatic rings. The second kappa shape index (κ2) is 9.25. The average Bonchev–Trinajstić information content (AvgIpc) is 2.65. The summed E-state index contributed by atoms with van der Waals surface area (Å²) in [7, 11) is 0. The summed E-state index contributed by atoms with van der Waals surface area (Å²) < 4.78 is 11.1. The molecule has 0 aromatic heterocycles. The molecule has 0 aliphatic heterocycles. The van der Waals surface area contributed by atoms with E-state index in [2.05, 4.69) is 0 Å². The molecule has 25 heavy (non-hydrogen) atoms. The van der Waals surface area contributed by atoms with E-state index in [1.165, 1.54) is 0 Å². The first-order chi connectivity index (χ1) is 12.1. The van der Waals surface area contributed by atoms with Crippen LogP contribution in [-0.2, 0) is 31.1 Å². The lowest BCUT2D eigenvalue weighted by molar-refractivity contribution is -0.162. The standard InChI is InChI=1S/C21H24O4/c1-3-24-16-20(23)21(25-4-2,18-13-9-6-10-14-18)19(22)15-17-11-7-5-8-12-17/h5-14H,3-4,15-16H2,1-2H3. The predicted octanol–water partition coefficient (Wildman–Crippen LogP) is 3.34. The van der Waals surface area contributed by atoms with Gasteiger partial charge in [-0.3, -0.25) is 9.59 Å². The summed E-state index contributed by atoms with van der Waals surface area (Å²) in [4.78, 5) is 26.2. The van der Waals surface area contributed by atoms with Crippen LogP contribution in [0.5, 0.6) is 0 Å². The van der Waals surface area contributed by atoms with Crippen molar-refractivity contribution in [2.75, 3.05) is 19.8 Å². The minimum atomic E-state index is -1.64. The van der Waals surface area contributed by atoms with Crippen LogP contribution in [0.3, 0.4) is 0 Å². The number of carbonyl (C=O) groups is 2. The van der Waals surface area contributed by atoms with Crippen LogP contribution in [0, 0.1) is 0 Å². The van der Waals surface area contributed by atoms with Gasteiger partial charge >= 0.3 is 0 Å². The summed E-state index contributed by atoms with van der Waals surface area (Å²) in [6.07, 6.45) is 0.119. The van der Waals surface area contributed by atoms with Crippen molar-refractivity contribution in [3.8, 4) is 0 Å². The Hall–Kier alpha value is -2.30. The molecular weight excluding hydrogens is 316 g/mol. The van der Waals surface area contributed by atoms with Crippen LogP contribution < -0.4 is 0 Å². The zero-order chi connectivity index (χ0) is 18.1. The lowest BCUT2D eigenvalue weighted by Gasteiger charge is -2.31. The van der Waals surface area contributed by atoms with E-state index in [9.17, 15) is 9.59 Å². The molecule has 4 nitrogen and oxygen atoms in total. The number of rotatable bonds is 10. The van der Waals surface area contributed by atoms with Gasteiger partial charge in [0, 0.05) is 19.6 Å². The van der Waals surface area contributed by atoms with E-state index in [4.69, 9.17) is 9.47 Å². The normalized spacial score (nSPS) is 13.2. The Labute approximate surface area is 148 Å². The van der Waals surface area contributed by atoms with E-state index in [0.29, 0.717) is 12.2 Å². The number of ether oxygens (including phenoxy) is 2. The number of Topliss-reactive ketones (excluding diaryl/α,β-unsaturated/α-hetero) is 2. The number of carbonyl (C=O) groups excluding carboxylic acids is 2. The highest BCUT2D eigenvalue weighted by molar-refractivity contribution is 6.12.